The molecule has 2 rings (SSSR count). The van der Waals surface area contributed by atoms with Gasteiger partial charge in [-0.3, -0.25) is 4.79 Å². The van der Waals surface area contributed by atoms with E-state index in [9.17, 15) is 4.79 Å². The summed E-state index contributed by atoms with van der Waals surface area (Å²) in [5.41, 5.74) is 2.50. The number of hydrogen-bond donors (Lipinski definition) is 2. The number of amides is 1. The predicted octanol–water partition coefficient (Wildman–Crippen LogP) is 3.86. The van der Waals surface area contributed by atoms with Crippen molar-refractivity contribution in [3.63, 3.8) is 0 Å². The summed E-state index contributed by atoms with van der Waals surface area (Å²) in [6, 6.07) is 7.36. The van der Waals surface area contributed by atoms with Crippen LogP contribution in [-0.4, -0.2) is 22.1 Å². The van der Waals surface area contributed by atoms with Gasteiger partial charge in [0.2, 0.25) is 5.91 Å². The van der Waals surface area contributed by atoms with E-state index in [1.165, 1.54) is 18.7 Å². The molecular formula is C14H15ClN4OS. The van der Waals surface area contributed by atoms with Crippen LogP contribution < -0.4 is 10.6 Å². The van der Waals surface area contributed by atoms with Crippen molar-refractivity contribution in [3.8, 4) is 0 Å². The Kier molecular flexibility index (Phi) is 5.03. The number of carbonyl (C=O) groups is 1. The molecule has 0 spiro atoms. The Morgan fingerprint density at radius 2 is 2.00 bits per heavy atom. The first-order valence-electron chi connectivity index (χ1n) is 6.22. The van der Waals surface area contributed by atoms with Crippen molar-refractivity contribution in [1.29, 1.82) is 0 Å². The zero-order valence-corrected chi connectivity index (χ0v) is 13.5. The van der Waals surface area contributed by atoms with Crippen LogP contribution in [0, 0.1) is 6.92 Å². The van der Waals surface area contributed by atoms with E-state index in [1.807, 2.05) is 31.4 Å². The van der Waals surface area contributed by atoms with Gasteiger partial charge in [-0.15, -0.1) is 0 Å². The van der Waals surface area contributed by atoms with E-state index in [-0.39, 0.29) is 5.91 Å². The topological polar surface area (TPSA) is 66.9 Å². The molecule has 2 N–H and O–H groups in total. The molecule has 0 saturated carbocycles. The first kappa shape index (κ1) is 15.6. The van der Waals surface area contributed by atoms with Crippen molar-refractivity contribution >= 4 is 46.5 Å². The van der Waals surface area contributed by atoms with Gasteiger partial charge in [0.15, 0.2) is 5.16 Å². The van der Waals surface area contributed by atoms with Crippen LogP contribution in [0.2, 0.25) is 5.15 Å². The molecule has 1 aromatic heterocycles. The summed E-state index contributed by atoms with van der Waals surface area (Å²) in [7, 11) is 0. The number of aromatic nitrogens is 2. The monoisotopic (exact) mass is 322 g/mol. The summed E-state index contributed by atoms with van der Waals surface area (Å²) in [4.78, 5) is 19.7. The molecule has 0 unspecified atom stereocenters. The lowest BCUT2D eigenvalue weighted by atomic mass is 10.2. The summed E-state index contributed by atoms with van der Waals surface area (Å²) < 4.78 is 0. The maximum Gasteiger partial charge on any atom is 0.221 e. The van der Waals surface area contributed by atoms with E-state index in [0.717, 1.165) is 11.3 Å². The van der Waals surface area contributed by atoms with Gasteiger partial charge in [0.05, 0.1) is 11.4 Å². The molecule has 110 valence electrons. The highest BCUT2D eigenvalue weighted by Crippen LogP contribution is 2.27. The summed E-state index contributed by atoms with van der Waals surface area (Å²) in [6.45, 7) is 3.43. The number of hydrogen-bond acceptors (Lipinski definition) is 5. The maximum absolute atomic E-state index is 11.3. The SMILES string of the molecule is CSc1nc(Cl)cc(Nc2ccc(C)cc2NC(C)=O)n1. The molecule has 0 atom stereocenters. The van der Waals surface area contributed by atoms with Crippen molar-refractivity contribution < 1.29 is 4.79 Å². The number of halogens is 1. The van der Waals surface area contributed by atoms with Crippen molar-refractivity contribution in [1.82, 2.24) is 9.97 Å². The zero-order valence-electron chi connectivity index (χ0n) is 11.9. The van der Waals surface area contributed by atoms with Crippen LogP contribution in [0.5, 0.6) is 0 Å². The molecule has 1 aromatic carbocycles. The van der Waals surface area contributed by atoms with Crippen molar-refractivity contribution in [2.75, 3.05) is 16.9 Å². The normalized spacial score (nSPS) is 10.3. The zero-order chi connectivity index (χ0) is 15.4. The quantitative estimate of drug-likeness (QED) is 0.508. The number of rotatable bonds is 4. The molecule has 0 aliphatic rings. The first-order chi connectivity index (χ1) is 9.97. The number of aryl methyl sites for hydroxylation is 1. The Labute approximate surface area is 132 Å². The number of nitrogens with zero attached hydrogens (tertiary/aromatic N) is 2. The Balaban J connectivity index is 2.34. The largest absolute Gasteiger partial charge is 0.338 e. The molecule has 2 aromatic rings. The van der Waals surface area contributed by atoms with Gasteiger partial charge in [-0.1, -0.05) is 29.4 Å². The molecule has 5 nitrogen and oxygen atoms in total. The van der Waals surface area contributed by atoms with Gasteiger partial charge >= 0.3 is 0 Å². The summed E-state index contributed by atoms with van der Waals surface area (Å²) in [5, 5.41) is 6.90. The minimum atomic E-state index is -0.130. The Morgan fingerprint density at radius 1 is 1.24 bits per heavy atom. The lowest BCUT2D eigenvalue weighted by molar-refractivity contribution is -0.114. The van der Waals surface area contributed by atoms with E-state index in [4.69, 9.17) is 11.6 Å². The fraction of sp³-hybridized carbons (Fsp3) is 0.214. The summed E-state index contributed by atoms with van der Waals surface area (Å²) in [5.74, 6) is 0.448. The van der Waals surface area contributed by atoms with E-state index in [2.05, 4.69) is 20.6 Å². The van der Waals surface area contributed by atoms with Crippen LogP contribution in [0.4, 0.5) is 17.2 Å². The lowest BCUT2D eigenvalue weighted by Gasteiger charge is -2.13. The van der Waals surface area contributed by atoms with Crippen molar-refractivity contribution in [3.05, 3.63) is 35.0 Å². The molecule has 1 heterocycles. The number of nitrogens with one attached hydrogen (secondary N) is 2. The summed E-state index contributed by atoms with van der Waals surface area (Å²) in [6.07, 6.45) is 1.88. The fourth-order valence-corrected chi connectivity index (χ4v) is 2.36. The van der Waals surface area contributed by atoms with E-state index < -0.39 is 0 Å². The predicted molar refractivity (Wildman–Crippen MR) is 87.6 cm³/mol. The molecule has 0 fully saturated rings. The molecule has 21 heavy (non-hydrogen) atoms. The van der Waals surface area contributed by atoms with Crippen LogP contribution in [-0.2, 0) is 4.79 Å². The van der Waals surface area contributed by atoms with Crippen LogP contribution in [0.15, 0.2) is 29.4 Å². The Bertz CT molecular complexity index is 678. The van der Waals surface area contributed by atoms with Crippen molar-refractivity contribution in [2.24, 2.45) is 0 Å². The second kappa shape index (κ2) is 6.78. The fourth-order valence-electron chi connectivity index (χ4n) is 1.75. The van der Waals surface area contributed by atoms with Gasteiger partial charge in [0, 0.05) is 13.0 Å². The number of benzene rings is 1. The van der Waals surface area contributed by atoms with E-state index in [1.54, 1.807) is 6.07 Å². The smallest absolute Gasteiger partial charge is 0.221 e. The summed E-state index contributed by atoms with van der Waals surface area (Å²) >= 11 is 7.38. The Morgan fingerprint density at radius 3 is 2.67 bits per heavy atom. The third-order valence-electron chi connectivity index (χ3n) is 2.61. The van der Waals surface area contributed by atoms with Crippen LogP contribution in [0.3, 0.4) is 0 Å². The van der Waals surface area contributed by atoms with Crippen molar-refractivity contribution in [2.45, 2.75) is 19.0 Å². The van der Waals surface area contributed by atoms with E-state index >= 15 is 0 Å². The average molecular weight is 323 g/mol. The number of anilines is 3. The maximum atomic E-state index is 11.3. The lowest BCUT2D eigenvalue weighted by Crippen LogP contribution is -2.08. The van der Waals surface area contributed by atoms with Crippen LogP contribution in [0.25, 0.3) is 0 Å². The van der Waals surface area contributed by atoms with Gasteiger partial charge in [0.1, 0.15) is 11.0 Å². The van der Waals surface area contributed by atoms with Gasteiger partial charge in [0.25, 0.3) is 0 Å². The standard InChI is InChI=1S/C14H15ClN4OS/c1-8-4-5-10(11(6-8)16-9(2)20)17-13-7-12(15)18-14(19-13)21-3/h4-7H,1-3H3,(H,16,20)(H,17,18,19). The number of thioether (sulfide) groups is 1. The third kappa shape index (κ3) is 4.34. The second-order valence-electron chi connectivity index (χ2n) is 4.42. The Hall–Kier alpha value is -1.79. The van der Waals surface area contributed by atoms with Gasteiger partial charge < -0.3 is 10.6 Å². The third-order valence-corrected chi connectivity index (χ3v) is 3.35. The first-order valence-corrected chi connectivity index (χ1v) is 7.82. The van der Waals surface area contributed by atoms with Gasteiger partial charge in [-0.05, 0) is 30.9 Å². The minimum absolute atomic E-state index is 0.130. The van der Waals surface area contributed by atoms with Crippen LogP contribution >= 0.6 is 23.4 Å². The molecule has 0 radical (unpaired) electrons. The molecule has 0 bridgehead atoms. The molecule has 0 aliphatic carbocycles. The number of carbonyl (C=O) groups excluding carboxylic acids is 1. The van der Waals surface area contributed by atoms with Gasteiger partial charge in [-0.2, -0.15) is 0 Å². The highest BCUT2D eigenvalue weighted by atomic mass is 35.5. The average Bonchev–Trinajstić information content (AvgIpc) is 2.40. The highest BCUT2D eigenvalue weighted by molar-refractivity contribution is 7.98. The molecule has 0 saturated heterocycles. The van der Waals surface area contributed by atoms with Crippen LogP contribution in [0.1, 0.15) is 12.5 Å². The highest BCUT2D eigenvalue weighted by Gasteiger charge is 2.08. The van der Waals surface area contributed by atoms with E-state index in [0.29, 0.717) is 21.8 Å². The molecule has 0 aliphatic heterocycles. The molecule has 1 amide bonds. The molecular weight excluding hydrogens is 308 g/mol. The van der Waals surface area contributed by atoms with Gasteiger partial charge in [-0.25, -0.2) is 9.97 Å². The second-order valence-corrected chi connectivity index (χ2v) is 5.58. The minimum Gasteiger partial charge on any atom is -0.338 e. The molecule has 7 heteroatoms.